The van der Waals surface area contributed by atoms with E-state index in [0.29, 0.717) is 0 Å². The van der Waals surface area contributed by atoms with Crippen LogP contribution in [0.3, 0.4) is 0 Å². The predicted molar refractivity (Wildman–Crippen MR) is 82.8 cm³/mol. The highest BCUT2D eigenvalue weighted by atomic mass is 19.1. The van der Waals surface area contributed by atoms with Gasteiger partial charge in [0.2, 0.25) is 0 Å². The van der Waals surface area contributed by atoms with Crippen molar-refractivity contribution < 1.29 is 4.39 Å². The van der Waals surface area contributed by atoms with Crippen LogP contribution in [0.25, 0.3) is 0 Å². The molecule has 1 fully saturated rings. The molecule has 1 aliphatic heterocycles. The van der Waals surface area contributed by atoms with Gasteiger partial charge in [-0.2, -0.15) is 5.26 Å². The van der Waals surface area contributed by atoms with Crippen molar-refractivity contribution in [2.75, 3.05) is 31.1 Å². The largest absolute Gasteiger partial charge is 0.369 e. The van der Waals surface area contributed by atoms with Crippen LogP contribution in [0, 0.1) is 17.1 Å². The molecule has 1 unspecified atom stereocenters. The first-order chi connectivity index (χ1) is 10.8. The lowest BCUT2D eigenvalue weighted by molar-refractivity contribution is 0.222. The van der Waals surface area contributed by atoms with Crippen LogP contribution in [-0.2, 0) is 0 Å². The van der Waals surface area contributed by atoms with E-state index in [1.165, 1.54) is 12.1 Å². The van der Waals surface area contributed by atoms with Gasteiger partial charge in [0.05, 0.1) is 6.07 Å². The summed E-state index contributed by atoms with van der Waals surface area (Å²) in [6.45, 7) is 3.24. The molecule has 5 heteroatoms. The summed E-state index contributed by atoms with van der Waals surface area (Å²) in [5.74, 6) is -0.219. The number of rotatable bonds is 3. The first-order valence-electron chi connectivity index (χ1n) is 7.32. The number of piperazine rings is 1. The third-order valence-corrected chi connectivity index (χ3v) is 3.99. The van der Waals surface area contributed by atoms with E-state index in [1.807, 2.05) is 12.1 Å². The SMILES string of the molecule is N#CC(c1cccnc1)N1CCN(c2ccc(F)cc2)CC1. The molecule has 2 heterocycles. The third-order valence-electron chi connectivity index (χ3n) is 3.99. The number of hydrogen-bond acceptors (Lipinski definition) is 4. The Hall–Kier alpha value is -2.45. The van der Waals surface area contributed by atoms with Crippen molar-refractivity contribution >= 4 is 5.69 Å². The Morgan fingerprint density at radius 2 is 1.82 bits per heavy atom. The Morgan fingerprint density at radius 3 is 2.41 bits per heavy atom. The molecule has 0 N–H and O–H groups in total. The monoisotopic (exact) mass is 296 g/mol. The molecule has 0 bridgehead atoms. The van der Waals surface area contributed by atoms with E-state index in [0.717, 1.165) is 37.4 Å². The molecule has 0 spiro atoms. The number of benzene rings is 1. The fraction of sp³-hybridized carbons (Fsp3) is 0.294. The Kier molecular flexibility index (Phi) is 4.31. The fourth-order valence-electron chi connectivity index (χ4n) is 2.79. The molecule has 1 aliphatic rings. The van der Waals surface area contributed by atoms with Crippen LogP contribution in [0.15, 0.2) is 48.8 Å². The minimum atomic E-state index is -0.260. The van der Waals surface area contributed by atoms with Crippen molar-refractivity contribution in [3.8, 4) is 6.07 Å². The minimum absolute atomic E-state index is 0.219. The Balaban J connectivity index is 1.66. The number of pyridine rings is 1. The molecule has 4 nitrogen and oxygen atoms in total. The van der Waals surface area contributed by atoms with Crippen molar-refractivity contribution in [2.45, 2.75) is 6.04 Å². The van der Waals surface area contributed by atoms with Crippen molar-refractivity contribution in [3.05, 3.63) is 60.2 Å². The van der Waals surface area contributed by atoms with Gasteiger partial charge in [-0.25, -0.2) is 4.39 Å². The van der Waals surface area contributed by atoms with Gasteiger partial charge in [-0.15, -0.1) is 0 Å². The van der Waals surface area contributed by atoms with Crippen LogP contribution in [0.5, 0.6) is 0 Å². The molecule has 22 heavy (non-hydrogen) atoms. The van der Waals surface area contributed by atoms with Crippen LogP contribution in [0.1, 0.15) is 11.6 Å². The molecular weight excluding hydrogens is 279 g/mol. The fourth-order valence-corrected chi connectivity index (χ4v) is 2.79. The van der Waals surface area contributed by atoms with Gasteiger partial charge in [-0.05, 0) is 30.3 Å². The second-order valence-electron chi connectivity index (χ2n) is 5.32. The van der Waals surface area contributed by atoms with Crippen LogP contribution in [0.2, 0.25) is 0 Å². The van der Waals surface area contributed by atoms with Gasteiger partial charge in [0.15, 0.2) is 0 Å². The maximum atomic E-state index is 13.0. The minimum Gasteiger partial charge on any atom is -0.369 e. The standard InChI is InChI=1S/C17H17FN4/c18-15-3-5-16(6-4-15)21-8-10-22(11-9-21)17(12-19)14-2-1-7-20-13-14/h1-7,13,17H,8-11H2. The predicted octanol–water partition coefficient (Wildman–Crippen LogP) is 2.61. The number of nitrogens with zero attached hydrogens (tertiary/aromatic N) is 4. The van der Waals surface area contributed by atoms with Gasteiger partial charge in [0, 0.05) is 49.8 Å². The maximum absolute atomic E-state index is 13.0. The van der Waals surface area contributed by atoms with Crippen molar-refractivity contribution in [2.24, 2.45) is 0 Å². The van der Waals surface area contributed by atoms with Crippen LogP contribution in [0.4, 0.5) is 10.1 Å². The summed E-state index contributed by atoms with van der Waals surface area (Å²) >= 11 is 0. The van der Waals surface area contributed by atoms with Crippen LogP contribution in [-0.4, -0.2) is 36.1 Å². The van der Waals surface area contributed by atoms with Gasteiger partial charge >= 0.3 is 0 Å². The molecule has 0 aliphatic carbocycles. The van der Waals surface area contributed by atoms with Gasteiger partial charge in [-0.3, -0.25) is 9.88 Å². The Labute approximate surface area is 129 Å². The summed E-state index contributed by atoms with van der Waals surface area (Å²) in [6, 6.07) is 12.5. The molecule has 0 saturated carbocycles. The first-order valence-corrected chi connectivity index (χ1v) is 7.32. The van der Waals surface area contributed by atoms with E-state index in [9.17, 15) is 9.65 Å². The average Bonchev–Trinajstić information content (AvgIpc) is 2.58. The van der Waals surface area contributed by atoms with Gasteiger partial charge in [0.25, 0.3) is 0 Å². The summed E-state index contributed by atoms with van der Waals surface area (Å²) in [7, 11) is 0. The van der Waals surface area contributed by atoms with Gasteiger partial charge < -0.3 is 4.90 Å². The molecule has 0 amide bonds. The molecule has 2 aromatic rings. The smallest absolute Gasteiger partial charge is 0.125 e. The molecule has 0 radical (unpaired) electrons. The lowest BCUT2D eigenvalue weighted by atomic mass is 10.1. The highest BCUT2D eigenvalue weighted by molar-refractivity contribution is 5.46. The Bertz CT molecular complexity index is 643. The summed E-state index contributed by atoms with van der Waals surface area (Å²) in [5, 5.41) is 9.47. The van der Waals surface area contributed by atoms with Crippen LogP contribution >= 0.6 is 0 Å². The second-order valence-corrected chi connectivity index (χ2v) is 5.32. The zero-order chi connectivity index (χ0) is 15.4. The number of aromatic nitrogens is 1. The zero-order valence-corrected chi connectivity index (χ0v) is 12.2. The first kappa shape index (κ1) is 14.5. The van der Waals surface area contributed by atoms with E-state index >= 15 is 0 Å². The highest BCUT2D eigenvalue weighted by Crippen LogP contribution is 2.23. The zero-order valence-electron chi connectivity index (χ0n) is 12.2. The van der Waals surface area contributed by atoms with E-state index < -0.39 is 0 Å². The molecule has 1 aromatic carbocycles. The molecule has 3 rings (SSSR count). The van der Waals surface area contributed by atoms with E-state index in [1.54, 1.807) is 24.5 Å². The quantitative estimate of drug-likeness (QED) is 0.873. The van der Waals surface area contributed by atoms with Crippen molar-refractivity contribution in [1.29, 1.82) is 5.26 Å². The summed E-state index contributed by atoms with van der Waals surface area (Å²) in [6.07, 6.45) is 3.46. The number of nitriles is 1. The van der Waals surface area contributed by atoms with Crippen molar-refractivity contribution in [3.63, 3.8) is 0 Å². The topological polar surface area (TPSA) is 43.2 Å². The highest BCUT2D eigenvalue weighted by Gasteiger charge is 2.25. The number of hydrogen-bond donors (Lipinski definition) is 0. The summed E-state index contributed by atoms with van der Waals surface area (Å²) in [4.78, 5) is 8.48. The summed E-state index contributed by atoms with van der Waals surface area (Å²) in [5.41, 5.74) is 1.95. The van der Waals surface area contributed by atoms with E-state index in [-0.39, 0.29) is 11.9 Å². The second kappa shape index (κ2) is 6.54. The number of halogens is 1. The Morgan fingerprint density at radius 1 is 1.09 bits per heavy atom. The molecular formula is C17H17FN4. The van der Waals surface area contributed by atoms with Crippen molar-refractivity contribution in [1.82, 2.24) is 9.88 Å². The maximum Gasteiger partial charge on any atom is 0.125 e. The molecule has 112 valence electrons. The third kappa shape index (κ3) is 3.07. The lowest BCUT2D eigenvalue weighted by Gasteiger charge is -2.38. The van der Waals surface area contributed by atoms with Gasteiger partial charge in [-0.1, -0.05) is 6.07 Å². The average molecular weight is 296 g/mol. The molecule has 1 atom stereocenters. The van der Waals surface area contributed by atoms with E-state index in [4.69, 9.17) is 0 Å². The molecule has 1 saturated heterocycles. The summed E-state index contributed by atoms with van der Waals surface area (Å²) < 4.78 is 13.0. The van der Waals surface area contributed by atoms with Gasteiger partial charge in [0.1, 0.15) is 11.9 Å². The lowest BCUT2D eigenvalue weighted by Crippen LogP contribution is -2.47. The van der Waals surface area contributed by atoms with Crippen LogP contribution < -0.4 is 4.90 Å². The number of anilines is 1. The molecule has 1 aromatic heterocycles. The van der Waals surface area contributed by atoms with E-state index in [2.05, 4.69) is 20.9 Å². The normalized spacial score (nSPS) is 17.0.